The van der Waals surface area contributed by atoms with Crippen LogP contribution in [0, 0.1) is 11.7 Å². The van der Waals surface area contributed by atoms with Crippen LogP contribution < -0.4 is 4.80 Å². The van der Waals surface area contributed by atoms with Crippen molar-refractivity contribution >= 4 is 27.5 Å². The van der Waals surface area contributed by atoms with Crippen molar-refractivity contribution in [3.05, 3.63) is 28.8 Å². The molecule has 1 heterocycles. The number of hydrogen-bond donors (Lipinski definition) is 0. The smallest absolute Gasteiger partial charge is 0.251 e. The first-order valence-electron chi connectivity index (χ1n) is 6.07. The van der Waals surface area contributed by atoms with Gasteiger partial charge in [0.1, 0.15) is 5.82 Å². The van der Waals surface area contributed by atoms with Gasteiger partial charge in [-0.2, -0.15) is 4.99 Å². The van der Waals surface area contributed by atoms with Gasteiger partial charge < -0.3 is 4.57 Å². The SMILES string of the molecule is CCn1c(=NC(=O)C2CC2)sc2cccc(F)c21. The van der Waals surface area contributed by atoms with Crippen molar-refractivity contribution in [1.29, 1.82) is 0 Å². The maximum absolute atomic E-state index is 13.8. The van der Waals surface area contributed by atoms with Gasteiger partial charge in [0.25, 0.3) is 5.91 Å². The molecule has 2 aromatic rings. The predicted octanol–water partition coefficient (Wildman–Crippen LogP) is 2.70. The van der Waals surface area contributed by atoms with Crippen molar-refractivity contribution in [3.63, 3.8) is 0 Å². The van der Waals surface area contributed by atoms with Gasteiger partial charge >= 0.3 is 0 Å². The molecule has 1 aliphatic rings. The van der Waals surface area contributed by atoms with E-state index < -0.39 is 0 Å². The van der Waals surface area contributed by atoms with Gasteiger partial charge in [-0.1, -0.05) is 17.4 Å². The summed E-state index contributed by atoms with van der Waals surface area (Å²) >= 11 is 1.37. The van der Waals surface area contributed by atoms with E-state index in [0.29, 0.717) is 16.9 Å². The molecular weight excluding hydrogens is 251 g/mol. The van der Waals surface area contributed by atoms with Crippen LogP contribution in [0.1, 0.15) is 19.8 Å². The molecule has 1 saturated carbocycles. The third kappa shape index (κ3) is 1.88. The Morgan fingerprint density at radius 3 is 3.00 bits per heavy atom. The van der Waals surface area contributed by atoms with E-state index in [1.54, 1.807) is 10.6 Å². The summed E-state index contributed by atoms with van der Waals surface area (Å²) < 4.78 is 16.4. The average Bonchev–Trinajstić information content (AvgIpc) is 3.12. The Hall–Kier alpha value is -1.49. The number of carbonyl (C=O) groups excluding carboxylic acids is 1. The minimum Gasteiger partial charge on any atom is -0.314 e. The van der Waals surface area contributed by atoms with E-state index in [2.05, 4.69) is 4.99 Å². The van der Waals surface area contributed by atoms with Gasteiger partial charge in [0, 0.05) is 12.5 Å². The lowest BCUT2D eigenvalue weighted by Gasteiger charge is -2.00. The second kappa shape index (κ2) is 4.31. The molecule has 1 fully saturated rings. The number of thiazole rings is 1. The Kier molecular flexibility index (Phi) is 2.78. The van der Waals surface area contributed by atoms with E-state index in [0.717, 1.165) is 17.5 Å². The van der Waals surface area contributed by atoms with Gasteiger partial charge in [-0.25, -0.2) is 4.39 Å². The van der Waals surface area contributed by atoms with Crippen molar-refractivity contribution in [3.8, 4) is 0 Å². The number of aryl methyl sites for hydroxylation is 1. The summed E-state index contributed by atoms with van der Waals surface area (Å²) in [4.78, 5) is 16.5. The van der Waals surface area contributed by atoms with Gasteiger partial charge in [0.15, 0.2) is 4.80 Å². The summed E-state index contributed by atoms with van der Waals surface area (Å²) in [5.74, 6) is -0.222. The molecule has 3 nitrogen and oxygen atoms in total. The van der Waals surface area contributed by atoms with Crippen LogP contribution in [0.15, 0.2) is 23.2 Å². The van der Waals surface area contributed by atoms with E-state index in [1.165, 1.54) is 17.4 Å². The van der Waals surface area contributed by atoms with Crippen LogP contribution >= 0.6 is 11.3 Å². The molecule has 0 saturated heterocycles. The van der Waals surface area contributed by atoms with Crippen LogP contribution in [-0.4, -0.2) is 10.5 Å². The van der Waals surface area contributed by atoms with Gasteiger partial charge in [0.2, 0.25) is 0 Å². The number of rotatable bonds is 2. The summed E-state index contributed by atoms with van der Waals surface area (Å²) in [6.07, 6.45) is 1.88. The number of carbonyl (C=O) groups is 1. The highest BCUT2D eigenvalue weighted by atomic mass is 32.1. The average molecular weight is 264 g/mol. The van der Waals surface area contributed by atoms with E-state index in [9.17, 15) is 9.18 Å². The standard InChI is InChI=1S/C13H13FN2OS/c1-2-16-11-9(14)4-3-5-10(11)18-13(16)15-12(17)8-6-7-8/h3-5,8H,2,6-7H2,1H3. The fourth-order valence-corrected chi connectivity index (χ4v) is 3.10. The number of hydrogen-bond acceptors (Lipinski definition) is 2. The number of para-hydroxylation sites is 1. The fraction of sp³-hybridized carbons (Fsp3) is 0.385. The zero-order valence-corrected chi connectivity index (χ0v) is 10.8. The molecule has 0 unspecified atom stereocenters. The number of benzene rings is 1. The van der Waals surface area contributed by atoms with Crippen LogP contribution in [0.25, 0.3) is 10.2 Å². The van der Waals surface area contributed by atoms with Gasteiger partial charge in [-0.05, 0) is 31.9 Å². The molecule has 0 aliphatic heterocycles. The molecule has 5 heteroatoms. The van der Waals surface area contributed by atoms with Gasteiger partial charge in [-0.15, -0.1) is 0 Å². The Balaban J connectivity index is 2.22. The number of nitrogens with zero attached hydrogens (tertiary/aromatic N) is 2. The van der Waals surface area contributed by atoms with Gasteiger partial charge in [0.05, 0.1) is 10.2 Å². The first-order chi connectivity index (χ1) is 8.70. The second-order valence-electron chi connectivity index (χ2n) is 4.44. The summed E-state index contributed by atoms with van der Waals surface area (Å²) in [5, 5.41) is 0. The molecule has 0 N–H and O–H groups in total. The van der Waals surface area contributed by atoms with Crippen LogP contribution in [-0.2, 0) is 11.3 Å². The molecule has 0 bridgehead atoms. The van der Waals surface area contributed by atoms with Crippen LogP contribution in [0.3, 0.4) is 0 Å². The molecule has 0 radical (unpaired) electrons. The molecule has 94 valence electrons. The molecule has 3 rings (SSSR count). The largest absolute Gasteiger partial charge is 0.314 e. The minimum atomic E-state index is -0.258. The Bertz CT molecular complexity index is 682. The molecule has 0 spiro atoms. The first-order valence-corrected chi connectivity index (χ1v) is 6.88. The zero-order valence-electron chi connectivity index (χ0n) is 10.0. The van der Waals surface area contributed by atoms with E-state index in [-0.39, 0.29) is 17.6 Å². The molecule has 18 heavy (non-hydrogen) atoms. The van der Waals surface area contributed by atoms with Crippen molar-refractivity contribution in [1.82, 2.24) is 4.57 Å². The third-order valence-electron chi connectivity index (χ3n) is 3.10. The Morgan fingerprint density at radius 2 is 2.33 bits per heavy atom. The highest BCUT2D eigenvalue weighted by Crippen LogP contribution is 2.30. The first kappa shape index (κ1) is 11.6. The number of aromatic nitrogens is 1. The molecule has 0 atom stereocenters. The maximum atomic E-state index is 13.8. The van der Waals surface area contributed by atoms with Crippen molar-refractivity contribution in [2.24, 2.45) is 10.9 Å². The monoisotopic (exact) mass is 264 g/mol. The maximum Gasteiger partial charge on any atom is 0.251 e. The van der Waals surface area contributed by atoms with E-state index >= 15 is 0 Å². The van der Waals surface area contributed by atoms with Crippen LogP contribution in [0.4, 0.5) is 4.39 Å². The predicted molar refractivity (Wildman–Crippen MR) is 68.7 cm³/mol. The van der Waals surface area contributed by atoms with Crippen molar-refractivity contribution in [2.75, 3.05) is 0 Å². The van der Waals surface area contributed by atoms with Crippen molar-refractivity contribution < 1.29 is 9.18 Å². The molecule has 1 amide bonds. The lowest BCUT2D eigenvalue weighted by molar-refractivity contribution is -0.119. The lowest BCUT2D eigenvalue weighted by Crippen LogP contribution is -2.16. The van der Waals surface area contributed by atoms with E-state index in [1.807, 2.05) is 13.0 Å². The summed E-state index contributed by atoms with van der Waals surface area (Å²) in [6, 6.07) is 4.98. The van der Waals surface area contributed by atoms with Crippen LogP contribution in [0.2, 0.25) is 0 Å². The molecule has 1 aliphatic carbocycles. The summed E-state index contributed by atoms with van der Waals surface area (Å²) in [7, 11) is 0. The summed E-state index contributed by atoms with van der Waals surface area (Å²) in [5.41, 5.74) is 0.548. The fourth-order valence-electron chi connectivity index (χ4n) is 1.98. The number of halogens is 1. The van der Waals surface area contributed by atoms with Gasteiger partial charge in [-0.3, -0.25) is 4.79 Å². The minimum absolute atomic E-state index is 0.0656. The molecule has 1 aromatic carbocycles. The Labute approximate surface area is 108 Å². The molecular formula is C13H13FN2OS. The second-order valence-corrected chi connectivity index (χ2v) is 5.45. The topological polar surface area (TPSA) is 34.4 Å². The zero-order chi connectivity index (χ0) is 12.7. The number of fused-ring (bicyclic) bond motifs is 1. The van der Waals surface area contributed by atoms with Crippen LogP contribution in [0.5, 0.6) is 0 Å². The summed E-state index contributed by atoms with van der Waals surface area (Å²) in [6.45, 7) is 2.54. The third-order valence-corrected chi connectivity index (χ3v) is 4.14. The molecule has 1 aromatic heterocycles. The van der Waals surface area contributed by atoms with Crippen molar-refractivity contribution in [2.45, 2.75) is 26.3 Å². The highest BCUT2D eigenvalue weighted by Gasteiger charge is 2.29. The quantitative estimate of drug-likeness (QED) is 0.821. The highest BCUT2D eigenvalue weighted by molar-refractivity contribution is 7.16. The normalized spacial score (nSPS) is 16.4. The number of amides is 1. The Morgan fingerprint density at radius 1 is 1.56 bits per heavy atom. The lowest BCUT2D eigenvalue weighted by atomic mass is 10.3. The van der Waals surface area contributed by atoms with E-state index in [4.69, 9.17) is 0 Å².